The van der Waals surface area contributed by atoms with Crippen LogP contribution < -0.4 is 10.6 Å². The molecule has 1 fully saturated rings. The summed E-state index contributed by atoms with van der Waals surface area (Å²) in [7, 11) is 0. The predicted molar refractivity (Wildman–Crippen MR) is 95.8 cm³/mol. The van der Waals surface area contributed by atoms with Gasteiger partial charge in [-0.2, -0.15) is 0 Å². The highest BCUT2D eigenvalue weighted by molar-refractivity contribution is 6.31. The van der Waals surface area contributed by atoms with Gasteiger partial charge < -0.3 is 10.6 Å². The van der Waals surface area contributed by atoms with E-state index < -0.39 is 0 Å². The fourth-order valence-electron chi connectivity index (χ4n) is 2.84. The Morgan fingerprint density at radius 1 is 1.12 bits per heavy atom. The number of hydrogen-bond donors (Lipinski definition) is 2. The molecule has 1 aliphatic carbocycles. The van der Waals surface area contributed by atoms with E-state index >= 15 is 0 Å². The Kier molecular flexibility index (Phi) is 5.30. The van der Waals surface area contributed by atoms with Crippen molar-refractivity contribution in [3.63, 3.8) is 0 Å². The second kappa shape index (κ2) is 7.62. The van der Waals surface area contributed by atoms with Crippen molar-refractivity contribution in [3.8, 4) is 0 Å². The highest BCUT2D eigenvalue weighted by atomic mass is 35.5. The minimum Gasteiger partial charge on any atom is -0.348 e. The third-order valence-corrected chi connectivity index (χ3v) is 4.69. The summed E-state index contributed by atoms with van der Waals surface area (Å²) < 4.78 is 0. The molecule has 0 bridgehead atoms. The molecule has 5 nitrogen and oxygen atoms in total. The Hall–Kier alpha value is -2.14. The van der Waals surface area contributed by atoms with E-state index in [1.807, 2.05) is 25.1 Å². The zero-order valence-electron chi connectivity index (χ0n) is 13.7. The molecule has 0 unspecified atom stereocenters. The van der Waals surface area contributed by atoms with Gasteiger partial charge >= 0.3 is 0 Å². The maximum atomic E-state index is 12.2. The van der Waals surface area contributed by atoms with Crippen LogP contribution in [-0.4, -0.2) is 22.1 Å². The molecule has 1 aliphatic rings. The molecule has 1 saturated carbocycles. The van der Waals surface area contributed by atoms with E-state index in [0.717, 1.165) is 24.1 Å². The summed E-state index contributed by atoms with van der Waals surface area (Å²) >= 11 is 6.11. The van der Waals surface area contributed by atoms with Crippen molar-refractivity contribution in [1.82, 2.24) is 15.5 Å². The third kappa shape index (κ3) is 4.23. The molecule has 1 heterocycles. The number of nitrogens with one attached hydrogen (secondary N) is 2. The molecule has 0 radical (unpaired) electrons. The molecule has 1 amide bonds. The quantitative estimate of drug-likeness (QED) is 0.870. The molecular formula is C18H21ClN4O. The zero-order chi connectivity index (χ0) is 16.9. The van der Waals surface area contributed by atoms with Crippen molar-refractivity contribution in [2.24, 2.45) is 0 Å². The van der Waals surface area contributed by atoms with Gasteiger partial charge in [0.05, 0.1) is 0 Å². The number of anilines is 2. The van der Waals surface area contributed by atoms with E-state index in [2.05, 4.69) is 20.8 Å². The average molecular weight is 345 g/mol. The maximum Gasteiger partial charge on any atom is 0.272 e. The van der Waals surface area contributed by atoms with Crippen molar-refractivity contribution >= 4 is 29.0 Å². The number of carbonyl (C=O) groups excluding carboxylic acids is 1. The molecule has 6 heteroatoms. The Bertz CT molecular complexity index is 711. The monoisotopic (exact) mass is 344 g/mol. The van der Waals surface area contributed by atoms with Gasteiger partial charge in [-0.1, -0.05) is 36.9 Å². The first-order valence-electron chi connectivity index (χ1n) is 8.29. The number of rotatable bonds is 4. The van der Waals surface area contributed by atoms with E-state index in [4.69, 9.17) is 11.6 Å². The van der Waals surface area contributed by atoms with Crippen LogP contribution in [0, 0.1) is 6.92 Å². The molecule has 1 aromatic heterocycles. The lowest BCUT2D eigenvalue weighted by Crippen LogP contribution is -2.36. The minimum absolute atomic E-state index is 0.153. The summed E-state index contributed by atoms with van der Waals surface area (Å²) in [6.45, 7) is 1.95. The highest BCUT2D eigenvalue weighted by Crippen LogP contribution is 2.22. The molecule has 24 heavy (non-hydrogen) atoms. The number of hydrogen-bond acceptors (Lipinski definition) is 4. The predicted octanol–water partition coefficient (Wildman–Crippen LogP) is 4.24. The summed E-state index contributed by atoms with van der Waals surface area (Å²) in [4.78, 5) is 12.2. The van der Waals surface area contributed by atoms with Gasteiger partial charge in [-0.05, 0) is 49.6 Å². The summed E-state index contributed by atoms with van der Waals surface area (Å²) in [5, 5.41) is 15.0. The van der Waals surface area contributed by atoms with E-state index in [-0.39, 0.29) is 11.9 Å². The Balaban J connectivity index is 1.61. The van der Waals surface area contributed by atoms with Crippen molar-refractivity contribution < 1.29 is 4.79 Å². The molecule has 126 valence electrons. The van der Waals surface area contributed by atoms with Crippen LogP contribution in [0.2, 0.25) is 5.02 Å². The molecule has 0 aliphatic heterocycles. The lowest BCUT2D eigenvalue weighted by atomic mass is 9.95. The van der Waals surface area contributed by atoms with Crippen LogP contribution >= 0.6 is 11.6 Å². The second-order valence-corrected chi connectivity index (χ2v) is 6.61. The number of halogens is 1. The SMILES string of the molecule is Cc1ccc(Nc2ccc(C(=O)NC3CCCCC3)nn2)cc1Cl. The van der Waals surface area contributed by atoms with Crippen LogP contribution in [0.1, 0.15) is 48.2 Å². The summed E-state index contributed by atoms with van der Waals surface area (Å²) in [5.74, 6) is 0.420. The van der Waals surface area contributed by atoms with Crippen LogP contribution in [0.3, 0.4) is 0 Å². The molecule has 0 atom stereocenters. The normalized spacial score (nSPS) is 15.1. The van der Waals surface area contributed by atoms with Gasteiger partial charge in [-0.15, -0.1) is 10.2 Å². The lowest BCUT2D eigenvalue weighted by Gasteiger charge is -2.22. The smallest absolute Gasteiger partial charge is 0.272 e. The highest BCUT2D eigenvalue weighted by Gasteiger charge is 2.17. The fourth-order valence-corrected chi connectivity index (χ4v) is 3.03. The molecule has 0 spiro atoms. The number of carbonyl (C=O) groups is 1. The Morgan fingerprint density at radius 3 is 2.58 bits per heavy atom. The van der Waals surface area contributed by atoms with Gasteiger partial charge in [0.25, 0.3) is 5.91 Å². The summed E-state index contributed by atoms with van der Waals surface area (Å²) in [5.41, 5.74) is 2.19. The van der Waals surface area contributed by atoms with E-state index in [1.165, 1.54) is 19.3 Å². The van der Waals surface area contributed by atoms with Crippen LogP contribution in [-0.2, 0) is 0 Å². The summed E-state index contributed by atoms with van der Waals surface area (Å²) in [6.07, 6.45) is 5.72. The van der Waals surface area contributed by atoms with Crippen molar-refractivity contribution in [2.45, 2.75) is 45.1 Å². The number of nitrogens with zero attached hydrogens (tertiary/aromatic N) is 2. The first-order chi connectivity index (χ1) is 11.6. The fraction of sp³-hybridized carbons (Fsp3) is 0.389. The average Bonchev–Trinajstić information content (AvgIpc) is 2.60. The molecule has 2 N–H and O–H groups in total. The molecule has 3 rings (SSSR count). The van der Waals surface area contributed by atoms with Crippen molar-refractivity contribution in [2.75, 3.05) is 5.32 Å². The minimum atomic E-state index is -0.153. The van der Waals surface area contributed by atoms with Crippen LogP contribution in [0.25, 0.3) is 0 Å². The van der Waals surface area contributed by atoms with E-state index in [9.17, 15) is 4.79 Å². The Morgan fingerprint density at radius 2 is 1.92 bits per heavy atom. The number of benzene rings is 1. The van der Waals surface area contributed by atoms with Crippen LogP contribution in [0.4, 0.5) is 11.5 Å². The van der Waals surface area contributed by atoms with E-state index in [1.54, 1.807) is 12.1 Å². The van der Waals surface area contributed by atoms with Gasteiger partial charge in [0.15, 0.2) is 11.5 Å². The number of aryl methyl sites for hydroxylation is 1. The van der Waals surface area contributed by atoms with Crippen molar-refractivity contribution in [1.29, 1.82) is 0 Å². The van der Waals surface area contributed by atoms with Gasteiger partial charge in [-0.3, -0.25) is 4.79 Å². The second-order valence-electron chi connectivity index (χ2n) is 6.20. The van der Waals surface area contributed by atoms with Gasteiger partial charge in [-0.25, -0.2) is 0 Å². The number of amides is 1. The molecule has 2 aromatic rings. The third-order valence-electron chi connectivity index (χ3n) is 4.28. The van der Waals surface area contributed by atoms with Gasteiger partial charge in [0.2, 0.25) is 0 Å². The largest absolute Gasteiger partial charge is 0.348 e. The van der Waals surface area contributed by atoms with Crippen LogP contribution in [0.5, 0.6) is 0 Å². The first kappa shape index (κ1) is 16.7. The van der Waals surface area contributed by atoms with E-state index in [0.29, 0.717) is 16.5 Å². The first-order valence-corrected chi connectivity index (χ1v) is 8.67. The zero-order valence-corrected chi connectivity index (χ0v) is 14.4. The molecule has 1 aromatic carbocycles. The standard InChI is InChI=1S/C18H21ClN4O/c1-12-7-8-14(11-15(12)19)20-17-10-9-16(22-23-17)18(24)21-13-5-3-2-4-6-13/h7-11,13H,2-6H2,1H3,(H,20,23)(H,21,24). The van der Waals surface area contributed by atoms with Gasteiger partial charge in [0, 0.05) is 16.8 Å². The summed E-state index contributed by atoms with van der Waals surface area (Å²) in [6, 6.07) is 9.39. The number of aromatic nitrogens is 2. The van der Waals surface area contributed by atoms with Crippen LogP contribution in [0.15, 0.2) is 30.3 Å². The lowest BCUT2D eigenvalue weighted by molar-refractivity contribution is 0.0921. The Labute approximate surface area is 146 Å². The maximum absolute atomic E-state index is 12.2. The topological polar surface area (TPSA) is 66.9 Å². The molecule has 0 saturated heterocycles. The van der Waals surface area contributed by atoms with Gasteiger partial charge in [0.1, 0.15) is 0 Å². The van der Waals surface area contributed by atoms with Crippen molar-refractivity contribution in [3.05, 3.63) is 46.6 Å². The molecular weight excluding hydrogens is 324 g/mol.